The Morgan fingerprint density at radius 2 is 1.26 bits per heavy atom. The minimum absolute atomic E-state index is 0.154. The first-order valence-electron chi connectivity index (χ1n) is 9.67. The van der Waals surface area contributed by atoms with Gasteiger partial charge in [-0.05, 0) is 18.2 Å². The van der Waals surface area contributed by atoms with E-state index >= 15 is 0 Å². The number of carbonyl (C=O) groups is 1. The molecule has 0 aliphatic heterocycles. The summed E-state index contributed by atoms with van der Waals surface area (Å²) in [5.74, 6) is -0.389. The first kappa shape index (κ1) is 19.8. The van der Waals surface area contributed by atoms with Crippen LogP contribution in [0, 0.1) is 22.7 Å². The Bertz CT molecular complexity index is 1310. The molecule has 0 aliphatic carbocycles. The molecule has 1 aromatic heterocycles. The maximum absolute atomic E-state index is 12.8. The number of nitrogens with zero attached hydrogens (tertiary/aromatic N) is 5. The lowest BCUT2D eigenvalue weighted by molar-refractivity contribution is 0.0795. The van der Waals surface area contributed by atoms with E-state index in [1.54, 1.807) is 18.2 Å². The Labute approximate surface area is 179 Å². The standard InChI is InChI=1S/C25H17N5O/c26-13-15-30(16-14-27)25(31)20-11-12-21-22(17-20)29-24(19-9-5-2-6-10-19)23(28-21)18-7-3-1-4-8-18/h1-12,17H,15-16H2. The molecule has 148 valence electrons. The summed E-state index contributed by atoms with van der Waals surface area (Å²) in [6.07, 6.45) is 0. The predicted molar refractivity (Wildman–Crippen MR) is 118 cm³/mol. The molecule has 0 spiro atoms. The fraction of sp³-hybridized carbons (Fsp3) is 0.0800. The normalized spacial score (nSPS) is 10.3. The van der Waals surface area contributed by atoms with E-state index in [4.69, 9.17) is 20.5 Å². The van der Waals surface area contributed by atoms with Crippen LogP contribution in [0.2, 0.25) is 0 Å². The summed E-state index contributed by atoms with van der Waals surface area (Å²) in [5, 5.41) is 17.9. The number of amides is 1. The first-order valence-corrected chi connectivity index (χ1v) is 9.67. The lowest BCUT2D eigenvalue weighted by Crippen LogP contribution is -2.31. The van der Waals surface area contributed by atoms with E-state index in [0.717, 1.165) is 22.5 Å². The second-order valence-corrected chi connectivity index (χ2v) is 6.83. The van der Waals surface area contributed by atoms with E-state index in [-0.39, 0.29) is 19.0 Å². The third-order valence-corrected chi connectivity index (χ3v) is 4.82. The van der Waals surface area contributed by atoms with Crippen LogP contribution < -0.4 is 0 Å². The van der Waals surface area contributed by atoms with Gasteiger partial charge in [-0.1, -0.05) is 60.7 Å². The maximum atomic E-state index is 12.8. The van der Waals surface area contributed by atoms with Crippen molar-refractivity contribution in [2.24, 2.45) is 0 Å². The smallest absolute Gasteiger partial charge is 0.255 e. The molecule has 3 aromatic carbocycles. The van der Waals surface area contributed by atoms with Gasteiger partial charge in [-0.3, -0.25) is 4.79 Å². The summed E-state index contributed by atoms with van der Waals surface area (Å²) < 4.78 is 0. The molecule has 0 saturated carbocycles. The van der Waals surface area contributed by atoms with Crippen LogP contribution in [-0.4, -0.2) is 33.9 Å². The molecule has 0 atom stereocenters. The highest BCUT2D eigenvalue weighted by Gasteiger charge is 2.18. The van der Waals surface area contributed by atoms with Crippen molar-refractivity contribution in [2.45, 2.75) is 0 Å². The van der Waals surface area contributed by atoms with Gasteiger partial charge in [0.2, 0.25) is 0 Å². The maximum Gasteiger partial charge on any atom is 0.255 e. The van der Waals surface area contributed by atoms with Gasteiger partial charge in [0.1, 0.15) is 13.1 Å². The van der Waals surface area contributed by atoms with E-state index in [1.807, 2.05) is 72.8 Å². The largest absolute Gasteiger partial charge is 0.312 e. The summed E-state index contributed by atoms with van der Waals surface area (Å²) in [7, 11) is 0. The van der Waals surface area contributed by atoms with Crippen LogP contribution in [0.25, 0.3) is 33.5 Å². The number of nitriles is 2. The van der Waals surface area contributed by atoms with Crippen molar-refractivity contribution in [3.8, 4) is 34.7 Å². The fourth-order valence-corrected chi connectivity index (χ4v) is 3.33. The van der Waals surface area contributed by atoms with Crippen LogP contribution in [0.3, 0.4) is 0 Å². The van der Waals surface area contributed by atoms with Gasteiger partial charge >= 0.3 is 0 Å². The minimum atomic E-state index is -0.389. The van der Waals surface area contributed by atoms with E-state index in [2.05, 4.69) is 0 Å². The van der Waals surface area contributed by atoms with E-state index in [1.165, 1.54) is 4.90 Å². The SMILES string of the molecule is N#CCN(CC#N)C(=O)c1ccc2nc(-c3ccccc3)c(-c3ccccc3)nc2c1. The molecule has 0 aliphatic rings. The summed E-state index contributed by atoms with van der Waals surface area (Å²) in [6, 6.07) is 28.5. The molecule has 4 rings (SSSR count). The molecule has 0 bridgehead atoms. The van der Waals surface area contributed by atoms with E-state index < -0.39 is 0 Å². The highest BCUT2D eigenvalue weighted by molar-refractivity contribution is 5.98. The fourth-order valence-electron chi connectivity index (χ4n) is 3.33. The van der Waals surface area contributed by atoms with E-state index in [0.29, 0.717) is 16.6 Å². The number of carbonyl (C=O) groups excluding carboxylic acids is 1. The van der Waals surface area contributed by atoms with Gasteiger partial charge in [0.15, 0.2) is 0 Å². The molecule has 6 nitrogen and oxygen atoms in total. The number of hydrogen-bond acceptors (Lipinski definition) is 5. The lowest BCUT2D eigenvalue weighted by atomic mass is 10.0. The summed E-state index contributed by atoms with van der Waals surface area (Å²) >= 11 is 0. The highest BCUT2D eigenvalue weighted by atomic mass is 16.2. The first-order chi connectivity index (χ1) is 15.2. The van der Waals surface area contributed by atoms with Crippen LogP contribution in [0.1, 0.15) is 10.4 Å². The van der Waals surface area contributed by atoms with Crippen LogP contribution in [0.15, 0.2) is 78.9 Å². The van der Waals surface area contributed by atoms with Crippen LogP contribution in [-0.2, 0) is 0 Å². The molecule has 0 unspecified atom stereocenters. The molecule has 6 heteroatoms. The second kappa shape index (κ2) is 8.86. The predicted octanol–water partition coefficient (Wildman–Crippen LogP) is 4.45. The number of benzene rings is 3. The quantitative estimate of drug-likeness (QED) is 0.459. The van der Waals surface area contributed by atoms with Gasteiger partial charge in [-0.15, -0.1) is 0 Å². The number of rotatable bonds is 5. The van der Waals surface area contributed by atoms with Crippen molar-refractivity contribution < 1.29 is 4.79 Å². The average Bonchev–Trinajstić information content (AvgIpc) is 2.83. The zero-order valence-corrected chi connectivity index (χ0v) is 16.6. The second-order valence-electron chi connectivity index (χ2n) is 6.83. The Balaban J connectivity index is 1.87. The topological polar surface area (TPSA) is 93.7 Å². The van der Waals surface area contributed by atoms with Crippen LogP contribution in [0.4, 0.5) is 0 Å². The molecule has 0 radical (unpaired) electrons. The molecule has 31 heavy (non-hydrogen) atoms. The summed E-state index contributed by atoms with van der Waals surface area (Å²) in [5.41, 5.74) is 4.93. The Morgan fingerprint density at radius 3 is 1.77 bits per heavy atom. The van der Waals surface area contributed by atoms with E-state index in [9.17, 15) is 4.79 Å². The Morgan fingerprint density at radius 1 is 0.742 bits per heavy atom. The molecular formula is C25H17N5O. The van der Waals surface area contributed by atoms with Crippen molar-refractivity contribution in [1.29, 1.82) is 10.5 Å². The van der Waals surface area contributed by atoms with Crippen molar-refractivity contribution in [3.05, 3.63) is 84.4 Å². The molecule has 0 fully saturated rings. The lowest BCUT2D eigenvalue weighted by Gasteiger charge is -2.16. The van der Waals surface area contributed by atoms with Crippen molar-refractivity contribution in [3.63, 3.8) is 0 Å². The minimum Gasteiger partial charge on any atom is -0.312 e. The van der Waals surface area contributed by atoms with Gasteiger partial charge in [-0.25, -0.2) is 9.97 Å². The molecule has 0 N–H and O–H groups in total. The van der Waals surface area contributed by atoms with Crippen molar-refractivity contribution in [2.75, 3.05) is 13.1 Å². The zero-order valence-electron chi connectivity index (χ0n) is 16.6. The number of fused-ring (bicyclic) bond motifs is 1. The molecule has 1 heterocycles. The highest BCUT2D eigenvalue weighted by Crippen LogP contribution is 2.31. The van der Waals surface area contributed by atoms with Crippen molar-refractivity contribution >= 4 is 16.9 Å². The monoisotopic (exact) mass is 403 g/mol. The van der Waals surface area contributed by atoms with Crippen LogP contribution >= 0.6 is 0 Å². The van der Waals surface area contributed by atoms with Gasteiger partial charge in [-0.2, -0.15) is 10.5 Å². The van der Waals surface area contributed by atoms with Gasteiger partial charge in [0, 0.05) is 16.7 Å². The summed E-state index contributed by atoms with van der Waals surface area (Å²) in [4.78, 5) is 23.7. The number of aromatic nitrogens is 2. The molecule has 0 saturated heterocycles. The average molecular weight is 403 g/mol. The molecule has 4 aromatic rings. The zero-order chi connectivity index (χ0) is 21.6. The molecule has 1 amide bonds. The molecular weight excluding hydrogens is 386 g/mol. The van der Waals surface area contributed by atoms with Crippen molar-refractivity contribution in [1.82, 2.24) is 14.9 Å². The van der Waals surface area contributed by atoms with Gasteiger partial charge in [0.05, 0.1) is 34.6 Å². The third-order valence-electron chi connectivity index (χ3n) is 4.82. The Kier molecular flexibility index (Phi) is 5.64. The van der Waals surface area contributed by atoms with Gasteiger partial charge in [0.25, 0.3) is 5.91 Å². The third kappa shape index (κ3) is 4.10. The number of hydrogen-bond donors (Lipinski definition) is 0. The van der Waals surface area contributed by atoms with Crippen LogP contribution in [0.5, 0.6) is 0 Å². The Hall–Kier alpha value is -4.55. The van der Waals surface area contributed by atoms with Gasteiger partial charge < -0.3 is 4.90 Å². The summed E-state index contributed by atoms with van der Waals surface area (Å²) in [6.45, 7) is -0.309.